The summed E-state index contributed by atoms with van der Waals surface area (Å²) in [7, 11) is 1.64. The molecule has 1 unspecified atom stereocenters. The molecule has 2 heterocycles. The number of ether oxygens (including phenoxy) is 2. The van der Waals surface area contributed by atoms with Gasteiger partial charge < -0.3 is 30.3 Å². The van der Waals surface area contributed by atoms with E-state index in [9.17, 15) is 15.0 Å². The van der Waals surface area contributed by atoms with Gasteiger partial charge in [0.25, 0.3) is 5.91 Å². The second-order valence-corrected chi connectivity index (χ2v) is 9.44. The maximum atomic E-state index is 11.6. The van der Waals surface area contributed by atoms with Gasteiger partial charge in [-0.2, -0.15) is 5.10 Å². The highest BCUT2D eigenvalue weighted by atomic mass is 79.9. The van der Waals surface area contributed by atoms with Gasteiger partial charge in [0.1, 0.15) is 23.1 Å². The highest BCUT2D eigenvalue weighted by molar-refractivity contribution is 8.93. The van der Waals surface area contributed by atoms with Crippen LogP contribution in [-0.2, 0) is 17.8 Å². The summed E-state index contributed by atoms with van der Waals surface area (Å²) in [6, 6.07) is 10.5. The summed E-state index contributed by atoms with van der Waals surface area (Å²) in [6.07, 6.45) is 0.553. The molecule has 1 aliphatic rings. The van der Waals surface area contributed by atoms with Crippen molar-refractivity contribution in [1.82, 2.24) is 20.1 Å². The number of aromatic hydroxyl groups is 1. The highest BCUT2D eigenvalue weighted by Gasteiger charge is 2.26. The fraction of sp³-hybridized carbons (Fsp3) is 0.423. The molecule has 0 fully saturated rings. The second-order valence-electron chi connectivity index (χ2n) is 9.44. The lowest BCUT2D eigenvalue weighted by Gasteiger charge is -2.29. The second kappa shape index (κ2) is 11.9. The zero-order chi connectivity index (χ0) is 25.9. The fourth-order valence-corrected chi connectivity index (χ4v) is 4.10. The van der Waals surface area contributed by atoms with E-state index < -0.39 is 6.10 Å². The molecule has 4 rings (SSSR count). The van der Waals surface area contributed by atoms with Gasteiger partial charge in [0, 0.05) is 42.2 Å². The van der Waals surface area contributed by atoms with Gasteiger partial charge in [0.15, 0.2) is 12.4 Å². The number of methoxy groups -OCH3 is 1. The van der Waals surface area contributed by atoms with E-state index in [0.29, 0.717) is 29.4 Å². The van der Waals surface area contributed by atoms with Gasteiger partial charge in [-0.05, 0) is 50.6 Å². The van der Waals surface area contributed by atoms with Crippen LogP contribution in [0.5, 0.6) is 17.2 Å². The summed E-state index contributed by atoms with van der Waals surface area (Å²) < 4.78 is 12.7. The number of nitrogens with zero attached hydrogens (tertiary/aromatic N) is 3. The largest absolute Gasteiger partial charge is 0.508 e. The van der Waals surface area contributed by atoms with Crippen molar-refractivity contribution in [3.05, 3.63) is 47.8 Å². The van der Waals surface area contributed by atoms with Crippen LogP contribution in [0.3, 0.4) is 0 Å². The molecule has 0 aliphatic carbocycles. The minimum atomic E-state index is -0.945. The number of amides is 1. The number of aromatic nitrogens is 3. The number of benzene rings is 2. The molecule has 0 spiro atoms. The smallest absolute Gasteiger partial charge is 0.262 e. The molecule has 10 nitrogen and oxygen atoms in total. The lowest BCUT2D eigenvalue weighted by molar-refractivity contribution is -0.118. The first-order valence-corrected chi connectivity index (χ1v) is 12.0. The van der Waals surface area contributed by atoms with Crippen LogP contribution >= 0.6 is 17.0 Å². The molecule has 200 valence electrons. The van der Waals surface area contributed by atoms with E-state index in [1.54, 1.807) is 7.11 Å². The molecule has 0 saturated carbocycles. The number of β-amino-alcohol motifs (C(OH)–C–C–N with tert-alkyl or cyclic N) is 1. The van der Waals surface area contributed by atoms with E-state index in [4.69, 9.17) is 19.6 Å². The Morgan fingerprint density at radius 3 is 2.68 bits per heavy atom. The summed E-state index contributed by atoms with van der Waals surface area (Å²) in [4.78, 5) is 16.3. The van der Waals surface area contributed by atoms with Crippen molar-refractivity contribution in [1.29, 1.82) is 0 Å². The van der Waals surface area contributed by atoms with Gasteiger partial charge in [-0.25, -0.2) is 9.67 Å². The Morgan fingerprint density at radius 1 is 1.27 bits per heavy atom. The molecule has 1 aliphatic heterocycles. The number of nitrogens with one attached hydrogen (secondary N) is 2. The number of fused-ring (bicyclic) bond motifs is 1. The van der Waals surface area contributed by atoms with Crippen LogP contribution in [0.1, 0.15) is 44.7 Å². The number of phenols is 1. The van der Waals surface area contributed by atoms with E-state index in [0.717, 1.165) is 30.0 Å². The number of halogens is 1. The first-order chi connectivity index (χ1) is 17.2. The van der Waals surface area contributed by atoms with E-state index in [1.165, 1.54) is 12.1 Å². The fourth-order valence-electron chi connectivity index (χ4n) is 4.10. The zero-order valence-electron chi connectivity index (χ0n) is 21.4. The minimum absolute atomic E-state index is 0. The van der Waals surface area contributed by atoms with Gasteiger partial charge in [-0.15, -0.1) is 17.0 Å². The van der Waals surface area contributed by atoms with Gasteiger partial charge in [-0.1, -0.05) is 6.92 Å². The van der Waals surface area contributed by atoms with Crippen LogP contribution < -0.4 is 20.1 Å². The van der Waals surface area contributed by atoms with Crippen LogP contribution in [0.2, 0.25) is 0 Å². The van der Waals surface area contributed by atoms with Gasteiger partial charge >= 0.3 is 0 Å². The predicted molar refractivity (Wildman–Crippen MR) is 146 cm³/mol. The number of carbonyl (C=O) groups excluding carboxylic acids is 1. The predicted octanol–water partition coefficient (Wildman–Crippen LogP) is 3.62. The van der Waals surface area contributed by atoms with Crippen molar-refractivity contribution < 1.29 is 24.5 Å². The van der Waals surface area contributed by atoms with Crippen LogP contribution in [0.25, 0.3) is 11.4 Å². The summed E-state index contributed by atoms with van der Waals surface area (Å²) in [5.41, 5.74) is 1.37. The molecule has 37 heavy (non-hydrogen) atoms. The van der Waals surface area contributed by atoms with Crippen molar-refractivity contribution >= 4 is 28.6 Å². The Kier molecular flexibility index (Phi) is 9.16. The molecule has 1 aromatic heterocycles. The minimum Gasteiger partial charge on any atom is -0.508 e. The van der Waals surface area contributed by atoms with Crippen molar-refractivity contribution in [2.45, 2.75) is 51.8 Å². The average molecular weight is 576 g/mol. The third kappa shape index (κ3) is 6.79. The normalized spacial score (nSPS) is 13.7. The summed E-state index contributed by atoms with van der Waals surface area (Å²) in [5.74, 6) is 2.38. The van der Waals surface area contributed by atoms with Crippen molar-refractivity contribution in [2.75, 3.05) is 25.6 Å². The Morgan fingerprint density at radius 2 is 2.00 bits per heavy atom. The Bertz CT molecular complexity index is 1230. The number of aryl methyl sites for hydroxylation is 2. The molecule has 0 bridgehead atoms. The number of phenolic OH excluding ortho intramolecular Hbond substituents is 1. The maximum absolute atomic E-state index is 11.6. The van der Waals surface area contributed by atoms with Gasteiger partial charge in [-0.3, -0.25) is 4.79 Å². The highest BCUT2D eigenvalue weighted by Crippen LogP contribution is 2.38. The SMILES string of the molecule is Br.CCc1nc(-c2ccc(OC)cc2)nn1CCC(C)(C)NCC(O)c1cc(O)cc2c1OCC(=O)N2. The van der Waals surface area contributed by atoms with Crippen LogP contribution in [-0.4, -0.2) is 56.7 Å². The number of hydrogen-bond donors (Lipinski definition) is 4. The molecule has 1 atom stereocenters. The molecule has 0 saturated heterocycles. The molecule has 11 heteroatoms. The van der Waals surface area contributed by atoms with Gasteiger partial charge in [0.2, 0.25) is 0 Å². The third-order valence-corrected chi connectivity index (χ3v) is 6.22. The zero-order valence-corrected chi connectivity index (χ0v) is 23.2. The molecular weight excluding hydrogens is 542 g/mol. The van der Waals surface area contributed by atoms with Crippen LogP contribution in [0.4, 0.5) is 5.69 Å². The Balaban J connectivity index is 0.00000380. The Hall–Kier alpha value is -3.15. The topological polar surface area (TPSA) is 131 Å². The van der Waals surface area contributed by atoms with Crippen molar-refractivity contribution in [3.8, 4) is 28.6 Å². The number of hydrogen-bond acceptors (Lipinski definition) is 8. The van der Waals surface area contributed by atoms with E-state index >= 15 is 0 Å². The van der Waals surface area contributed by atoms with Crippen molar-refractivity contribution in [3.63, 3.8) is 0 Å². The third-order valence-electron chi connectivity index (χ3n) is 6.22. The molecule has 4 N–H and O–H groups in total. The average Bonchev–Trinajstić information content (AvgIpc) is 3.29. The first-order valence-electron chi connectivity index (χ1n) is 12.0. The molecule has 2 aromatic carbocycles. The van der Waals surface area contributed by atoms with E-state index in [1.807, 2.05) is 28.9 Å². The molecular formula is C26H34BrN5O5. The monoisotopic (exact) mass is 575 g/mol. The Labute approximate surface area is 226 Å². The molecule has 0 radical (unpaired) electrons. The standard InChI is InChI=1S/C26H33N5O5.BrH/c1-5-22-29-25(16-6-8-18(35-4)9-7-16)30-31(22)11-10-26(2,3)27-14-21(33)19-12-17(32)13-20-24(19)36-15-23(34)28-20;/h6-9,12-13,21,27,32-33H,5,10-11,14-15H2,1-4H3,(H,28,34);1H. The molecule has 3 aromatic rings. The molecule has 1 amide bonds. The number of rotatable bonds is 10. The number of anilines is 1. The lowest BCUT2D eigenvalue weighted by Crippen LogP contribution is -2.42. The number of carbonyl (C=O) groups is 1. The van der Waals surface area contributed by atoms with E-state index in [-0.39, 0.29) is 47.3 Å². The summed E-state index contributed by atoms with van der Waals surface area (Å²) >= 11 is 0. The van der Waals surface area contributed by atoms with E-state index in [2.05, 4.69) is 31.4 Å². The first kappa shape index (κ1) is 28.4. The maximum Gasteiger partial charge on any atom is 0.262 e. The summed E-state index contributed by atoms with van der Waals surface area (Å²) in [6.45, 7) is 6.92. The number of aliphatic hydroxyl groups excluding tert-OH is 1. The van der Waals surface area contributed by atoms with Gasteiger partial charge in [0.05, 0.1) is 18.9 Å². The number of aliphatic hydroxyl groups is 1. The van der Waals surface area contributed by atoms with Crippen LogP contribution in [0, 0.1) is 0 Å². The quantitative estimate of drug-likeness (QED) is 0.288. The van der Waals surface area contributed by atoms with Crippen molar-refractivity contribution in [2.24, 2.45) is 0 Å². The lowest BCUT2D eigenvalue weighted by atomic mass is 9.99. The summed E-state index contributed by atoms with van der Waals surface area (Å²) in [5, 5.41) is 31.7. The van der Waals surface area contributed by atoms with Crippen LogP contribution in [0.15, 0.2) is 36.4 Å².